The Bertz CT molecular complexity index is 682. The maximum atomic E-state index is 12.3. The molecule has 0 unspecified atom stereocenters. The van der Waals surface area contributed by atoms with E-state index in [1.807, 2.05) is 13.0 Å². The fraction of sp³-hybridized carbons (Fsp3) is 0.429. The van der Waals surface area contributed by atoms with E-state index in [-0.39, 0.29) is 17.4 Å². The van der Waals surface area contributed by atoms with Gasteiger partial charge in [0.15, 0.2) is 5.82 Å². The summed E-state index contributed by atoms with van der Waals surface area (Å²) in [5, 5.41) is 10.1. The molecule has 106 valence electrons. The fourth-order valence-corrected chi connectivity index (χ4v) is 4.23. The molecule has 0 bridgehead atoms. The maximum Gasteiger partial charge on any atom is 0.258 e. The van der Waals surface area contributed by atoms with E-state index in [4.69, 9.17) is 0 Å². The Morgan fingerprint density at radius 3 is 2.70 bits per heavy atom. The van der Waals surface area contributed by atoms with Gasteiger partial charge in [0.2, 0.25) is 5.88 Å². The van der Waals surface area contributed by atoms with Gasteiger partial charge in [-0.25, -0.2) is 0 Å². The number of aromatic nitrogens is 2. The summed E-state index contributed by atoms with van der Waals surface area (Å²) in [6.45, 7) is 1.99. The van der Waals surface area contributed by atoms with Crippen LogP contribution in [0.4, 0.5) is 0 Å². The van der Waals surface area contributed by atoms with Crippen LogP contribution in [0.5, 0.6) is 5.88 Å². The van der Waals surface area contributed by atoms with E-state index in [0.717, 1.165) is 39.9 Å². The number of nitrogens with one attached hydrogen (secondary N) is 1. The second kappa shape index (κ2) is 5.33. The molecular formula is C14H15BrN2O2S. The van der Waals surface area contributed by atoms with E-state index >= 15 is 0 Å². The molecule has 0 atom stereocenters. The van der Waals surface area contributed by atoms with Crippen molar-refractivity contribution in [2.24, 2.45) is 0 Å². The third-order valence-corrected chi connectivity index (χ3v) is 5.93. The van der Waals surface area contributed by atoms with Crippen molar-refractivity contribution in [3.8, 4) is 16.6 Å². The Labute approximate surface area is 129 Å². The first-order valence-corrected chi connectivity index (χ1v) is 8.26. The van der Waals surface area contributed by atoms with Gasteiger partial charge in [-0.1, -0.05) is 12.8 Å². The van der Waals surface area contributed by atoms with Crippen molar-refractivity contribution in [1.82, 2.24) is 9.97 Å². The minimum atomic E-state index is -0.207. The van der Waals surface area contributed by atoms with Gasteiger partial charge in [0.1, 0.15) is 0 Å². The van der Waals surface area contributed by atoms with Crippen molar-refractivity contribution in [2.75, 3.05) is 0 Å². The molecule has 0 aromatic carbocycles. The minimum absolute atomic E-state index is 0.113. The maximum absolute atomic E-state index is 12.3. The number of halogens is 1. The predicted octanol–water partition coefficient (Wildman–Crippen LogP) is 3.93. The normalized spacial score (nSPS) is 15.9. The number of rotatable bonds is 2. The molecule has 2 aromatic heterocycles. The summed E-state index contributed by atoms with van der Waals surface area (Å²) in [5.74, 6) is 0.475. The Kier molecular flexibility index (Phi) is 3.69. The van der Waals surface area contributed by atoms with E-state index in [0.29, 0.717) is 11.4 Å². The van der Waals surface area contributed by atoms with Crippen LogP contribution in [0.25, 0.3) is 10.7 Å². The van der Waals surface area contributed by atoms with Gasteiger partial charge in [0, 0.05) is 9.35 Å². The number of aromatic amines is 1. The predicted molar refractivity (Wildman–Crippen MR) is 83.5 cm³/mol. The van der Waals surface area contributed by atoms with Gasteiger partial charge in [-0.05, 0) is 47.7 Å². The minimum Gasteiger partial charge on any atom is -0.493 e. The lowest BCUT2D eigenvalue weighted by Gasteiger charge is -2.10. The van der Waals surface area contributed by atoms with Crippen LogP contribution in [0.2, 0.25) is 0 Å². The van der Waals surface area contributed by atoms with Gasteiger partial charge >= 0.3 is 0 Å². The van der Waals surface area contributed by atoms with Crippen LogP contribution >= 0.6 is 27.3 Å². The highest BCUT2D eigenvalue weighted by atomic mass is 79.9. The number of aryl methyl sites for hydroxylation is 1. The monoisotopic (exact) mass is 354 g/mol. The molecule has 1 aliphatic carbocycles. The molecule has 6 heteroatoms. The van der Waals surface area contributed by atoms with E-state index in [9.17, 15) is 9.90 Å². The average molecular weight is 355 g/mol. The Morgan fingerprint density at radius 1 is 1.45 bits per heavy atom. The number of hydrogen-bond acceptors (Lipinski definition) is 4. The molecule has 4 nitrogen and oxygen atoms in total. The molecular weight excluding hydrogens is 340 g/mol. The van der Waals surface area contributed by atoms with Crippen LogP contribution in [0, 0.1) is 6.92 Å². The average Bonchev–Trinajstić information content (AvgIpc) is 3.00. The third kappa shape index (κ3) is 2.42. The summed E-state index contributed by atoms with van der Waals surface area (Å²) in [5.41, 5.74) is 0.250. The molecule has 0 saturated heterocycles. The Hall–Kier alpha value is -1.14. The summed E-state index contributed by atoms with van der Waals surface area (Å²) >= 11 is 4.98. The molecule has 3 rings (SSSR count). The van der Waals surface area contributed by atoms with Crippen LogP contribution in [0.1, 0.15) is 42.0 Å². The summed E-state index contributed by atoms with van der Waals surface area (Å²) in [6.07, 6.45) is 4.15. The summed E-state index contributed by atoms with van der Waals surface area (Å²) < 4.78 is 0.986. The molecule has 1 aliphatic rings. The molecule has 2 heterocycles. The first-order valence-electron chi connectivity index (χ1n) is 6.65. The van der Waals surface area contributed by atoms with Gasteiger partial charge < -0.3 is 10.1 Å². The first-order chi connectivity index (χ1) is 9.56. The van der Waals surface area contributed by atoms with Gasteiger partial charge in [0.05, 0.1) is 10.4 Å². The molecule has 0 radical (unpaired) electrons. The lowest BCUT2D eigenvalue weighted by atomic mass is 10.00. The highest BCUT2D eigenvalue weighted by molar-refractivity contribution is 9.10. The standard InChI is InChI=1S/C14H15BrN2O2S/c1-7-9(15)6-10(20-7)12-16-13(18)11(14(19)17-12)8-4-2-3-5-8/h6,8H,2-5H2,1H3,(H2,16,17,18,19). The molecule has 1 fully saturated rings. The molecule has 0 spiro atoms. The highest BCUT2D eigenvalue weighted by Crippen LogP contribution is 2.37. The quantitative estimate of drug-likeness (QED) is 0.858. The zero-order valence-corrected chi connectivity index (χ0v) is 13.5. The van der Waals surface area contributed by atoms with Gasteiger partial charge in [-0.2, -0.15) is 4.98 Å². The largest absolute Gasteiger partial charge is 0.493 e. The van der Waals surface area contributed by atoms with Gasteiger partial charge in [0.25, 0.3) is 5.56 Å². The number of nitrogens with zero attached hydrogens (tertiary/aromatic N) is 1. The van der Waals surface area contributed by atoms with Crippen molar-refractivity contribution >= 4 is 27.3 Å². The fourth-order valence-electron chi connectivity index (χ4n) is 2.75. The van der Waals surface area contributed by atoms with E-state index in [1.54, 1.807) is 0 Å². The molecule has 0 amide bonds. The first kappa shape index (κ1) is 13.8. The van der Waals surface area contributed by atoms with Crippen LogP contribution in [-0.2, 0) is 0 Å². The van der Waals surface area contributed by atoms with Crippen molar-refractivity contribution in [1.29, 1.82) is 0 Å². The Balaban J connectivity index is 2.05. The lowest BCUT2D eigenvalue weighted by molar-refractivity contribution is 0.436. The SMILES string of the molecule is Cc1sc(-c2nc(O)c(C3CCCC3)c(=O)[nH]2)cc1Br. The molecule has 2 N–H and O–H groups in total. The second-order valence-electron chi connectivity index (χ2n) is 5.15. The number of hydrogen-bond donors (Lipinski definition) is 2. The van der Waals surface area contributed by atoms with Gasteiger partial charge in [-0.15, -0.1) is 11.3 Å². The van der Waals surface area contributed by atoms with Crippen LogP contribution in [0.3, 0.4) is 0 Å². The number of thiophene rings is 1. The number of H-pyrrole nitrogens is 1. The van der Waals surface area contributed by atoms with Crippen LogP contribution in [0.15, 0.2) is 15.3 Å². The van der Waals surface area contributed by atoms with Crippen LogP contribution < -0.4 is 5.56 Å². The second-order valence-corrected chi connectivity index (χ2v) is 7.26. The van der Waals surface area contributed by atoms with Crippen LogP contribution in [-0.4, -0.2) is 15.1 Å². The molecule has 20 heavy (non-hydrogen) atoms. The smallest absolute Gasteiger partial charge is 0.258 e. The topological polar surface area (TPSA) is 66.0 Å². The Morgan fingerprint density at radius 2 is 2.15 bits per heavy atom. The van der Waals surface area contributed by atoms with Gasteiger partial charge in [-0.3, -0.25) is 4.79 Å². The number of aromatic hydroxyl groups is 1. The van der Waals surface area contributed by atoms with E-state index in [2.05, 4.69) is 25.9 Å². The summed E-state index contributed by atoms with van der Waals surface area (Å²) in [7, 11) is 0. The molecule has 0 aliphatic heterocycles. The van der Waals surface area contributed by atoms with Crippen molar-refractivity contribution in [2.45, 2.75) is 38.5 Å². The zero-order chi connectivity index (χ0) is 14.3. The summed E-state index contributed by atoms with van der Waals surface area (Å²) in [6, 6.07) is 1.91. The highest BCUT2D eigenvalue weighted by Gasteiger charge is 2.25. The third-order valence-electron chi connectivity index (χ3n) is 3.79. The van der Waals surface area contributed by atoms with Crippen molar-refractivity contribution in [3.05, 3.63) is 31.3 Å². The lowest BCUT2D eigenvalue weighted by Crippen LogP contribution is -2.17. The molecule has 2 aromatic rings. The molecule has 1 saturated carbocycles. The van der Waals surface area contributed by atoms with E-state index < -0.39 is 0 Å². The summed E-state index contributed by atoms with van der Waals surface area (Å²) in [4.78, 5) is 21.2. The van der Waals surface area contributed by atoms with E-state index in [1.165, 1.54) is 11.3 Å². The van der Waals surface area contributed by atoms with Crippen molar-refractivity contribution < 1.29 is 5.11 Å². The zero-order valence-electron chi connectivity index (χ0n) is 11.1. The van der Waals surface area contributed by atoms with Crippen molar-refractivity contribution in [3.63, 3.8) is 0 Å².